The molecule has 0 heterocycles. The van der Waals surface area contributed by atoms with Crippen molar-refractivity contribution in [1.82, 2.24) is 0 Å². The normalized spacial score (nSPS) is 33.8. The van der Waals surface area contributed by atoms with Crippen LogP contribution in [0, 0.1) is 5.41 Å². The van der Waals surface area contributed by atoms with E-state index < -0.39 is 0 Å². The maximum atomic E-state index is 11.5. The number of Topliss-reactive ketones (excluding diaryl/α,β-unsaturated/α-hetero) is 1. The van der Waals surface area contributed by atoms with Crippen LogP contribution in [-0.4, -0.2) is 17.5 Å². The molecule has 2 heteroatoms. The van der Waals surface area contributed by atoms with Crippen molar-refractivity contribution in [2.45, 2.75) is 39.0 Å². The molecule has 13 heavy (non-hydrogen) atoms. The first-order chi connectivity index (χ1) is 6.14. The van der Waals surface area contributed by atoms with Crippen molar-refractivity contribution in [2.75, 3.05) is 6.61 Å². The Labute approximate surface area is 78.6 Å². The van der Waals surface area contributed by atoms with Gasteiger partial charge in [0.25, 0.3) is 0 Å². The second-order valence-electron chi connectivity index (χ2n) is 4.68. The molecule has 72 valence electrons. The summed E-state index contributed by atoms with van der Waals surface area (Å²) < 4.78 is 0. The third kappa shape index (κ3) is 1.44. The van der Waals surface area contributed by atoms with Crippen molar-refractivity contribution >= 4 is 5.78 Å². The van der Waals surface area contributed by atoms with E-state index in [4.69, 9.17) is 0 Å². The number of hydrogen-bond acceptors (Lipinski definition) is 2. The molecule has 1 atom stereocenters. The van der Waals surface area contributed by atoms with Crippen molar-refractivity contribution < 1.29 is 9.90 Å². The second-order valence-corrected chi connectivity index (χ2v) is 4.68. The van der Waals surface area contributed by atoms with Crippen molar-refractivity contribution in [1.29, 1.82) is 0 Å². The minimum absolute atomic E-state index is 0.0370. The van der Waals surface area contributed by atoms with Gasteiger partial charge in [0.15, 0.2) is 5.78 Å². The zero-order valence-corrected chi connectivity index (χ0v) is 8.10. The molecule has 2 nitrogen and oxygen atoms in total. The van der Waals surface area contributed by atoms with E-state index in [2.05, 4.69) is 6.92 Å². The van der Waals surface area contributed by atoms with Gasteiger partial charge in [0.1, 0.15) is 0 Å². The van der Waals surface area contributed by atoms with Gasteiger partial charge in [-0.25, -0.2) is 0 Å². The van der Waals surface area contributed by atoms with Crippen LogP contribution < -0.4 is 0 Å². The van der Waals surface area contributed by atoms with Crippen LogP contribution >= 0.6 is 0 Å². The van der Waals surface area contributed by atoms with E-state index in [1.54, 1.807) is 0 Å². The third-order valence-corrected chi connectivity index (χ3v) is 3.27. The number of rotatable bonds is 1. The maximum Gasteiger partial charge on any atom is 0.158 e. The summed E-state index contributed by atoms with van der Waals surface area (Å²) in [5, 5.41) is 9.22. The standard InChI is InChI=1S/C11H16O2/c1-11(7-12)5-8-3-2-4-10(13)9(8)6-11/h12H,2-7H2,1H3. The zero-order valence-electron chi connectivity index (χ0n) is 8.10. The van der Waals surface area contributed by atoms with Crippen molar-refractivity contribution in [2.24, 2.45) is 5.41 Å². The Morgan fingerprint density at radius 2 is 2.15 bits per heavy atom. The largest absolute Gasteiger partial charge is 0.396 e. The maximum absolute atomic E-state index is 11.5. The topological polar surface area (TPSA) is 37.3 Å². The zero-order chi connectivity index (χ0) is 9.47. The van der Waals surface area contributed by atoms with Gasteiger partial charge in [-0.3, -0.25) is 4.79 Å². The van der Waals surface area contributed by atoms with Crippen LogP contribution in [0.1, 0.15) is 39.0 Å². The smallest absolute Gasteiger partial charge is 0.158 e. The number of carbonyl (C=O) groups excluding carboxylic acids is 1. The summed E-state index contributed by atoms with van der Waals surface area (Å²) in [6.07, 6.45) is 4.55. The molecule has 0 fully saturated rings. The van der Waals surface area contributed by atoms with Gasteiger partial charge in [0.05, 0.1) is 0 Å². The fourth-order valence-electron chi connectivity index (χ4n) is 2.50. The Morgan fingerprint density at radius 1 is 1.38 bits per heavy atom. The first-order valence-corrected chi connectivity index (χ1v) is 5.00. The highest BCUT2D eigenvalue weighted by molar-refractivity contribution is 5.97. The van der Waals surface area contributed by atoms with E-state index in [-0.39, 0.29) is 12.0 Å². The van der Waals surface area contributed by atoms with Crippen molar-refractivity contribution in [3.05, 3.63) is 11.1 Å². The fraction of sp³-hybridized carbons (Fsp3) is 0.727. The van der Waals surface area contributed by atoms with Crippen LogP contribution in [0.3, 0.4) is 0 Å². The summed E-state index contributed by atoms with van der Waals surface area (Å²) in [7, 11) is 0. The molecule has 0 amide bonds. The van der Waals surface area contributed by atoms with Crippen LogP contribution in [0.4, 0.5) is 0 Å². The van der Waals surface area contributed by atoms with E-state index in [1.165, 1.54) is 5.57 Å². The third-order valence-electron chi connectivity index (χ3n) is 3.27. The van der Waals surface area contributed by atoms with E-state index >= 15 is 0 Å². The predicted octanol–water partition coefficient (Wildman–Crippen LogP) is 1.83. The van der Waals surface area contributed by atoms with Gasteiger partial charge < -0.3 is 5.11 Å². The van der Waals surface area contributed by atoms with Crippen molar-refractivity contribution in [3.8, 4) is 0 Å². The predicted molar refractivity (Wildman–Crippen MR) is 50.3 cm³/mol. The average molecular weight is 180 g/mol. The van der Waals surface area contributed by atoms with Gasteiger partial charge in [0.2, 0.25) is 0 Å². The molecule has 0 spiro atoms. The number of aliphatic hydroxyl groups is 1. The van der Waals surface area contributed by atoms with E-state index in [0.29, 0.717) is 5.78 Å². The van der Waals surface area contributed by atoms with Crippen LogP contribution in [0.5, 0.6) is 0 Å². The van der Waals surface area contributed by atoms with Gasteiger partial charge in [-0.05, 0) is 36.7 Å². The molecule has 0 saturated heterocycles. The lowest BCUT2D eigenvalue weighted by molar-refractivity contribution is -0.116. The molecular weight excluding hydrogens is 164 g/mol. The first-order valence-electron chi connectivity index (χ1n) is 5.00. The summed E-state index contributed by atoms with van der Waals surface area (Å²) in [5.41, 5.74) is 2.33. The molecule has 0 aromatic rings. The van der Waals surface area contributed by atoms with Crippen molar-refractivity contribution in [3.63, 3.8) is 0 Å². The lowest BCUT2D eigenvalue weighted by atomic mass is 9.87. The van der Waals surface area contributed by atoms with E-state index in [9.17, 15) is 9.90 Å². The summed E-state index contributed by atoms with van der Waals surface area (Å²) >= 11 is 0. The molecule has 0 aliphatic heterocycles. The lowest BCUT2D eigenvalue weighted by Gasteiger charge is -2.20. The SMILES string of the molecule is CC1(CO)CC2=C(C1)C(=O)CCC2. The molecule has 1 unspecified atom stereocenters. The second kappa shape index (κ2) is 2.95. The Morgan fingerprint density at radius 3 is 2.77 bits per heavy atom. The highest BCUT2D eigenvalue weighted by Crippen LogP contribution is 2.45. The molecule has 2 aliphatic carbocycles. The monoisotopic (exact) mass is 180 g/mol. The van der Waals surface area contributed by atoms with Gasteiger partial charge in [-0.2, -0.15) is 0 Å². The van der Waals surface area contributed by atoms with Gasteiger partial charge in [-0.15, -0.1) is 0 Å². The molecule has 2 rings (SSSR count). The number of hydrogen-bond donors (Lipinski definition) is 1. The number of ketones is 1. The van der Waals surface area contributed by atoms with Crippen LogP contribution in [-0.2, 0) is 4.79 Å². The molecule has 0 bridgehead atoms. The molecular formula is C11H16O2. The van der Waals surface area contributed by atoms with E-state index in [1.807, 2.05) is 0 Å². The van der Waals surface area contributed by atoms with Gasteiger partial charge in [0, 0.05) is 13.0 Å². The van der Waals surface area contributed by atoms with Crippen LogP contribution in [0.25, 0.3) is 0 Å². The fourth-order valence-corrected chi connectivity index (χ4v) is 2.50. The highest BCUT2D eigenvalue weighted by Gasteiger charge is 2.37. The van der Waals surface area contributed by atoms with Gasteiger partial charge >= 0.3 is 0 Å². The Bertz CT molecular complexity index is 278. The number of allylic oxidation sites excluding steroid dienone is 2. The molecule has 0 aromatic heterocycles. The Hall–Kier alpha value is -0.630. The molecule has 1 N–H and O–H groups in total. The van der Waals surface area contributed by atoms with Crippen LogP contribution in [0.15, 0.2) is 11.1 Å². The summed E-state index contributed by atoms with van der Waals surface area (Å²) in [6, 6.07) is 0. The average Bonchev–Trinajstić information content (AvgIpc) is 2.45. The van der Waals surface area contributed by atoms with Crippen LogP contribution in [0.2, 0.25) is 0 Å². The molecule has 0 aromatic carbocycles. The van der Waals surface area contributed by atoms with Gasteiger partial charge in [-0.1, -0.05) is 12.5 Å². The summed E-state index contributed by atoms with van der Waals surface area (Å²) in [6.45, 7) is 2.27. The number of aliphatic hydroxyl groups excluding tert-OH is 1. The molecule has 2 aliphatic rings. The first kappa shape index (κ1) is 8.95. The molecule has 0 saturated carbocycles. The minimum Gasteiger partial charge on any atom is -0.396 e. The molecule has 0 radical (unpaired) electrons. The minimum atomic E-state index is -0.0370. The summed E-state index contributed by atoms with van der Waals surface area (Å²) in [4.78, 5) is 11.5. The highest BCUT2D eigenvalue weighted by atomic mass is 16.3. The Balaban J connectivity index is 2.22. The van der Waals surface area contributed by atoms with E-state index in [0.717, 1.165) is 37.7 Å². The Kier molecular flexibility index (Phi) is 2.03. The number of carbonyl (C=O) groups is 1. The summed E-state index contributed by atoms with van der Waals surface area (Å²) in [5.74, 6) is 0.332. The quantitative estimate of drug-likeness (QED) is 0.668. The lowest BCUT2D eigenvalue weighted by Crippen LogP contribution is -2.18.